The SMILES string of the molecule is O=C(COC(=O)c1ccc(S(=O)(=O)C(F)F)cc1)Nc1ccc(OC(F)(F)F)cc1. The molecule has 0 heterocycles. The lowest BCUT2D eigenvalue weighted by Crippen LogP contribution is -2.21. The lowest BCUT2D eigenvalue weighted by atomic mass is 10.2. The molecule has 0 unspecified atom stereocenters. The number of alkyl halides is 5. The third-order valence-corrected chi connectivity index (χ3v) is 4.76. The van der Waals surface area contributed by atoms with Gasteiger partial charge >= 0.3 is 18.1 Å². The molecular weight excluding hydrogens is 441 g/mol. The minimum Gasteiger partial charge on any atom is -0.452 e. The number of rotatable bonds is 7. The van der Waals surface area contributed by atoms with Crippen LogP contribution in [0.2, 0.25) is 0 Å². The van der Waals surface area contributed by atoms with Crippen LogP contribution in [-0.4, -0.2) is 39.0 Å². The summed E-state index contributed by atoms with van der Waals surface area (Å²) < 4.78 is 92.1. The van der Waals surface area contributed by atoms with E-state index in [-0.39, 0.29) is 11.3 Å². The predicted molar refractivity (Wildman–Crippen MR) is 91.7 cm³/mol. The largest absolute Gasteiger partial charge is 0.573 e. The lowest BCUT2D eigenvalue weighted by Gasteiger charge is -2.10. The molecule has 1 amide bonds. The van der Waals surface area contributed by atoms with Crippen LogP contribution >= 0.6 is 0 Å². The molecule has 2 aromatic rings. The Kier molecular flexibility index (Phi) is 6.97. The zero-order valence-corrected chi connectivity index (χ0v) is 15.5. The van der Waals surface area contributed by atoms with E-state index in [4.69, 9.17) is 4.74 Å². The van der Waals surface area contributed by atoms with Gasteiger partial charge in [0.15, 0.2) is 6.61 Å². The van der Waals surface area contributed by atoms with Gasteiger partial charge in [-0.1, -0.05) is 0 Å². The van der Waals surface area contributed by atoms with Crippen LogP contribution in [0.5, 0.6) is 5.75 Å². The fourth-order valence-corrected chi connectivity index (χ4v) is 2.76. The van der Waals surface area contributed by atoms with Gasteiger partial charge in [-0.3, -0.25) is 4.79 Å². The molecule has 0 aliphatic carbocycles. The van der Waals surface area contributed by atoms with Crippen molar-refractivity contribution in [1.29, 1.82) is 0 Å². The molecule has 0 spiro atoms. The standard InChI is InChI=1S/C17H12F5NO6S/c18-16(19)30(26,27)13-7-1-10(2-8-13)15(25)28-9-14(24)23-11-3-5-12(6-4-11)29-17(20,21)22/h1-8,16H,9H2,(H,23,24). The quantitative estimate of drug-likeness (QED) is 0.510. The zero-order chi connectivity index (χ0) is 22.5. The highest BCUT2D eigenvalue weighted by Crippen LogP contribution is 2.24. The molecule has 7 nitrogen and oxygen atoms in total. The average Bonchev–Trinajstić information content (AvgIpc) is 2.66. The van der Waals surface area contributed by atoms with Gasteiger partial charge in [0.05, 0.1) is 10.5 Å². The van der Waals surface area contributed by atoms with E-state index in [1.165, 1.54) is 0 Å². The topological polar surface area (TPSA) is 98.8 Å². The van der Waals surface area contributed by atoms with Crippen molar-refractivity contribution in [2.45, 2.75) is 17.0 Å². The number of carbonyl (C=O) groups is 2. The molecule has 30 heavy (non-hydrogen) atoms. The number of anilines is 1. The molecular formula is C17H12F5NO6S. The number of nitrogens with one attached hydrogen (secondary N) is 1. The number of ether oxygens (including phenoxy) is 2. The fraction of sp³-hybridized carbons (Fsp3) is 0.176. The minimum atomic E-state index is -4.86. The molecule has 0 bridgehead atoms. The molecule has 0 saturated heterocycles. The summed E-state index contributed by atoms with van der Waals surface area (Å²) >= 11 is 0. The number of carbonyl (C=O) groups excluding carboxylic acids is 2. The normalized spacial score (nSPS) is 11.8. The first-order valence-corrected chi connectivity index (χ1v) is 9.38. The average molecular weight is 453 g/mol. The Morgan fingerprint density at radius 3 is 2.03 bits per heavy atom. The number of sulfone groups is 1. The number of esters is 1. The summed E-state index contributed by atoms with van der Waals surface area (Å²) in [6.07, 6.45) is -4.86. The summed E-state index contributed by atoms with van der Waals surface area (Å²) in [5.74, 6) is -5.96. The van der Waals surface area contributed by atoms with Crippen LogP contribution in [0.1, 0.15) is 10.4 Å². The van der Waals surface area contributed by atoms with Crippen molar-refractivity contribution in [2.75, 3.05) is 11.9 Å². The second-order valence-electron chi connectivity index (χ2n) is 5.53. The van der Waals surface area contributed by atoms with Crippen LogP contribution < -0.4 is 10.1 Å². The maximum Gasteiger partial charge on any atom is 0.573 e. The van der Waals surface area contributed by atoms with E-state index < -0.39 is 51.1 Å². The van der Waals surface area contributed by atoms with Gasteiger partial charge in [0, 0.05) is 5.69 Å². The van der Waals surface area contributed by atoms with Crippen molar-refractivity contribution in [3.63, 3.8) is 0 Å². The van der Waals surface area contributed by atoms with Crippen LogP contribution in [-0.2, 0) is 19.4 Å². The first-order valence-electron chi connectivity index (χ1n) is 7.83. The highest BCUT2D eigenvalue weighted by Gasteiger charge is 2.31. The molecule has 0 saturated carbocycles. The van der Waals surface area contributed by atoms with E-state index in [9.17, 15) is 40.0 Å². The third-order valence-electron chi connectivity index (χ3n) is 3.36. The summed E-state index contributed by atoms with van der Waals surface area (Å²) in [5, 5.41) is 2.26. The molecule has 2 aromatic carbocycles. The lowest BCUT2D eigenvalue weighted by molar-refractivity contribution is -0.274. The van der Waals surface area contributed by atoms with Crippen molar-refractivity contribution < 1.29 is 49.4 Å². The van der Waals surface area contributed by atoms with E-state index in [0.29, 0.717) is 0 Å². The van der Waals surface area contributed by atoms with Crippen LogP contribution in [0.4, 0.5) is 27.6 Å². The van der Waals surface area contributed by atoms with Crippen molar-refractivity contribution in [1.82, 2.24) is 0 Å². The van der Waals surface area contributed by atoms with Crippen LogP contribution in [0.25, 0.3) is 0 Å². The molecule has 0 atom stereocenters. The highest BCUT2D eigenvalue weighted by atomic mass is 32.2. The van der Waals surface area contributed by atoms with Crippen LogP contribution in [0.3, 0.4) is 0 Å². The van der Waals surface area contributed by atoms with E-state index in [1.807, 2.05) is 0 Å². The summed E-state index contributed by atoms with van der Waals surface area (Å²) in [7, 11) is -4.81. The molecule has 0 aliphatic rings. The third kappa shape index (κ3) is 6.40. The van der Waals surface area contributed by atoms with E-state index in [2.05, 4.69) is 10.1 Å². The molecule has 0 radical (unpaired) electrons. The van der Waals surface area contributed by atoms with E-state index in [0.717, 1.165) is 48.5 Å². The second-order valence-corrected chi connectivity index (χ2v) is 7.44. The van der Waals surface area contributed by atoms with Gasteiger partial charge in [0.2, 0.25) is 9.84 Å². The Labute approximate surface area is 166 Å². The fourth-order valence-electron chi connectivity index (χ4n) is 2.04. The number of hydrogen-bond acceptors (Lipinski definition) is 6. The molecule has 162 valence electrons. The minimum absolute atomic E-state index is 0.104. The number of amides is 1. The first-order chi connectivity index (χ1) is 13.9. The van der Waals surface area contributed by atoms with E-state index in [1.54, 1.807) is 0 Å². The Hall–Kier alpha value is -3.22. The molecule has 0 aromatic heterocycles. The molecule has 0 aliphatic heterocycles. The van der Waals surface area contributed by atoms with Gasteiger partial charge in [-0.15, -0.1) is 13.2 Å². The Morgan fingerprint density at radius 2 is 1.53 bits per heavy atom. The maximum absolute atomic E-state index is 12.5. The van der Waals surface area contributed by atoms with Crippen molar-refractivity contribution in [3.05, 3.63) is 54.1 Å². The molecule has 13 heteroatoms. The van der Waals surface area contributed by atoms with Gasteiger partial charge in [-0.05, 0) is 48.5 Å². The second kappa shape index (κ2) is 9.07. The summed E-state index contributed by atoms with van der Waals surface area (Å²) in [6.45, 7) is -0.767. The van der Waals surface area contributed by atoms with Gasteiger partial charge in [0.1, 0.15) is 5.75 Å². The van der Waals surface area contributed by atoms with E-state index >= 15 is 0 Å². The van der Waals surface area contributed by atoms with Crippen molar-refractivity contribution >= 4 is 27.4 Å². The summed E-state index contributed by atoms with van der Waals surface area (Å²) in [4.78, 5) is 22.9. The highest BCUT2D eigenvalue weighted by molar-refractivity contribution is 7.91. The van der Waals surface area contributed by atoms with Crippen molar-refractivity contribution in [2.24, 2.45) is 0 Å². The molecule has 2 rings (SSSR count). The Balaban J connectivity index is 1.89. The number of benzene rings is 2. The molecule has 0 fully saturated rings. The molecule has 1 N–H and O–H groups in total. The zero-order valence-electron chi connectivity index (χ0n) is 14.7. The Bertz CT molecular complexity index is 1000. The smallest absolute Gasteiger partial charge is 0.452 e. The summed E-state index contributed by atoms with van der Waals surface area (Å²) in [6, 6.07) is 7.65. The predicted octanol–water partition coefficient (Wildman–Crippen LogP) is 3.38. The van der Waals surface area contributed by atoms with Gasteiger partial charge in [0.25, 0.3) is 5.91 Å². The van der Waals surface area contributed by atoms with Gasteiger partial charge < -0.3 is 14.8 Å². The van der Waals surface area contributed by atoms with Crippen LogP contribution in [0, 0.1) is 0 Å². The number of halogens is 5. The monoisotopic (exact) mass is 453 g/mol. The number of hydrogen-bond donors (Lipinski definition) is 1. The first kappa shape index (κ1) is 23.1. The maximum atomic E-state index is 12.5. The Morgan fingerprint density at radius 1 is 0.967 bits per heavy atom. The van der Waals surface area contributed by atoms with Crippen molar-refractivity contribution in [3.8, 4) is 5.75 Å². The van der Waals surface area contributed by atoms with Crippen LogP contribution in [0.15, 0.2) is 53.4 Å². The summed E-state index contributed by atoms with van der Waals surface area (Å²) in [5.41, 5.74) is -0.0863. The van der Waals surface area contributed by atoms with Gasteiger partial charge in [-0.2, -0.15) is 8.78 Å². The van der Waals surface area contributed by atoms with Gasteiger partial charge in [-0.25, -0.2) is 13.2 Å².